The van der Waals surface area contributed by atoms with Crippen molar-refractivity contribution in [1.29, 1.82) is 5.26 Å². The lowest BCUT2D eigenvalue weighted by molar-refractivity contribution is -0.386. The summed E-state index contributed by atoms with van der Waals surface area (Å²) in [6.07, 6.45) is 1.66. The van der Waals surface area contributed by atoms with Crippen molar-refractivity contribution >= 4 is 11.9 Å². The van der Waals surface area contributed by atoms with Gasteiger partial charge in [0.15, 0.2) is 5.75 Å². The zero-order valence-electron chi connectivity index (χ0n) is 10.9. The predicted molar refractivity (Wildman–Crippen MR) is 71.8 cm³/mol. The number of nitriles is 1. The van der Waals surface area contributed by atoms with Crippen LogP contribution in [0.1, 0.15) is 18.9 Å². The van der Waals surface area contributed by atoms with Crippen molar-refractivity contribution in [2.45, 2.75) is 13.3 Å². The van der Waals surface area contributed by atoms with E-state index in [1.807, 2.05) is 6.07 Å². The number of nitrogens with zero attached hydrogens (tertiary/aromatic N) is 3. The highest BCUT2D eigenvalue weighted by Crippen LogP contribution is 2.36. The van der Waals surface area contributed by atoms with Crippen LogP contribution in [-0.2, 0) is 0 Å². The number of nitro benzene ring substituents is 1. The molecule has 0 spiro atoms. The molecular formula is C12H14N4O4. The molecule has 8 nitrogen and oxygen atoms in total. The van der Waals surface area contributed by atoms with Crippen molar-refractivity contribution in [1.82, 2.24) is 5.43 Å². The van der Waals surface area contributed by atoms with Crippen LogP contribution in [0.25, 0.3) is 0 Å². The molecule has 0 aliphatic rings. The predicted octanol–water partition coefficient (Wildman–Crippen LogP) is 1.54. The van der Waals surface area contributed by atoms with Crippen molar-refractivity contribution in [2.75, 3.05) is 13.2 Å². The summed E-state index contributed by atoms with van der Waals surface area (Å²) < 4.78 is 5.13. The minimum atomic E-state index is -0.696. The van der Waals surface area contributed by atoms with Gasteiger partial charge in [0.2, 0.25) is 5.75 Å². The number of phenols is 1. The number of ether oxygens (including phenoxy) is 1. The number of nitro groups is 1. The van der Waals surface area contributed by atoms with Gasteiger partial charge in [-0.15, -0.1) is 0 Å². The smallest absolute Gasteiger partial charge is 0.315 e. The van der Waals surface area contributed by atoms with E-state index in [0.717, 1.165) is 0 Å². The first-order valence-electron chi connectivity index (χ1n) is 5.87. The Labute approximate surface area is 115 Å². The minimum Gasteiger partial charge on any atom is -0.500 e. The minimum absolute atomic E-state index is 0.0279. The fourth-order valence-corrected chi connectivity index (χ4v) is 1.39. The second-order valence-corrected chi connectivity index (χ2v) is 3.65. The molecule has 1 aromatic rings. The van der Waals surface area contributed by atoms with Gasteiger partial charge >= 0.3 is 5.69 Å². The number of hydrogen-bond donors (Lipinski definition) is 2. The summed E-state index contributed by atoms with van der Waals surface area (Å²) in [6, 6.07) is 4.58. The lowest BCUT2D eigenvalue weighted by atomic mass is 10.2. The average Bonchev–Trinajstić information content (AvgIpc) is 2.41. The molecule has 0 amide bonds. The van der Waals surface area contributed by atoms with E-state index < -0.39 is 16.4 Å². The second-order valence-electron chi connectivity index (χ2n) is 3.65. The van der Waals surface area contributed by atoms with Crippen LogP contribution in [0.15, 0.2) is 17.2 Å². The van der Waals surface area contributed by atoms with Crippen LogP contribution >= 0.6 is 0 Å². The Bertz CT molecular complexity index is 551. The molecule has 0 atom stereocenters. The van der Waals surface area contributed by atoms with Crippen LogP contribution in [0, 0.1) is 21.4 Å². The molecule has 0 aliphatic carbocycles. The molecule has 0 bridgehead atoms. The SMILES string of the molecule is CCOc1cc(/C=N\NCCC#N)cc([N+](=O)[O-])c1O. The van der Waals surface area contributed by atoms with E-state index in [4.69, 9.17) is 10.00 Å². The third kappa shape index (κ3) is 4.13. The molecular weight excluding hydrogens is 264 g/mol. The van der Waals surface area contributed by atoms with Crippen LogP contribution in [0.4, 0.5) is 5.69 Å². The molecule has 0 saturated carbocycles. The van der Waals surface area contributed by atoms with E-state index in [2.05, 4.69) is 10.5 Å². The van der Waals surface area contributed by atoms with Crippen molar-refractivity contribution < 1.29 is 14.8 Å². The molecule has 0 heterocycles. The summed E-state index contributed by atoms with van der Waals surface area (Å²) in [5, 5.41) is 32.7. The van der Waals surface area contributed by atoms with Crippen LogP contribution in [0.2, 0.25) is 0 Å². The third-order valence-corrected chi connectivity index (χ3v) is 2.23. The first-order chi connectivity index (χ1) is 9.60. The Morgan fingerprint density at radius 2 is 2.40 bits per heavy atom. The summed E-state index contributed by atoms with van der Waals surface area (Å²) in [5.41, 5.74) is 2.58. The van der Waals surface area contributed by atoms with Crippen molar-refractivity contribution in [3.05, 3.63) is 27.8 Å². The molecule has 0 unspecified atom stereocenters. The largest absolute Gasteiger partial charge is 0.500 e. The summed E-state index contributed by atoms with van der Waals surface area (Å²) >= 11 is 0. The molecule has 0 aliphatic heterocycles. The maximum Gasteiger partial charge on any atom is 0.315 e. The van der Waals surface area contributed by atoms with E-state index in [9.17, 15) is 15.2 Å². The number of benzene rings is 1. The van der Waals surface area contributed by atoms with Gasteiger partial charge in [-0.05, 0) is 13.0 Å². The maximum absolute atomic E-state index is 10.8. The Morgan fingerprint density at radius 1 is 1.65 bits per heavy atom. The maximum atomic E-state index is 10.8. The van der Waals surface area contributed by atoms with Gasteiger partial charge < -0.3 is 15.3 Å². The summed E-state index contributed by atoms with van der Waals surface area (Å²) in [7, 11) is 0. The lowest BCUT2D eigenvalue weighted by Gasteiger charge is -2.07. The standard InChI is InChI=1S/C12H14N4O4/c1-2-20-11-7-9(8-15-14-5-3-4-13)6-10(12(11)17)16(18)19/h6-8,14,17H,2-3,5H2,1H3/b15-8-. The monoisotopic (exact) mass is 278 g/mol. The first kappa shape index (κ1) is 15.2. The molecule has 8 heteroatoms. The highest BCUT2D eigenvalue weighted by molar-refractivity contribution is 5.83. The quantitative estimate of drug-likeness (QED) is 0.337. The molecule has 0 radical (unpaired) electrons. The second kappa shape index (κ2) is 7.58. The van der Waals surface area contributed by atoms with Crippen molar-refractivity contribution in [2.24, 2.45) is 5.10 Å². The normalized spacial score (nSPS) is 10.2. The Balaban J connectivity index is 2.96. The first-order valence-corrected chi connectivity index (χ1v) is 5.87. The molecule has 0 saturated heterocycles. The van der Waals surface area contributed by atoms with Gasteiger partial charge in [0.1, 0.15) is 0 Å². The van der Waals surface area contributed by atoms with E-state index in [-0.39, 0.29) is 12.4 Å². The van der Waals surface area contributed by atoms with Crippen molar-refractivity contribution in [3.63, 3.8) is 0 Å². The Hall–Kier alpha value is -2.82. The third-order valence-electron chi connectivity index (χ3n) is 2.23. The Kier molecular flexibility index (Phi) is 5.77. The summed E-state index contributed by atoms with van der Waals surface area (Å²) in [4.78, 5) is 10.1. The fourth-order valence-electron chi connectivity index (χ4n) is 1.39. The van der Waals surface area contributed by atoms with Crippen LogP contribution < -0.4 is 10.2 Å². The molecule has 1 rings (SSSR count). The number of nitrogens with one attached hydrogen (secondary N) is 1. The van der Waals surface area contributed by atoms with E-state index in [0.29, 0.717) is 18.5 Å². The number of phenolic OH excluding ortho intramolecular Hbond substituents is 1. The van der Waals surface area contributed by atoms with Crippen LogP contribution in [0.5, 0.6) is 11.5 Å². The molecule has 0 aromatic heterocycles. The number of aromatic hydroxyl groups is 1. The zero-order chi connectivity index (χ0) is 15.0. The van der Waals surface area contributed by atoms with Gasteiger partial charge in [0.05, 0.1) is 30.2 Å². The highest BCUT2D eigenvalue weighted by Gasteiger charge is 2.19. The van der Waals surface area contributed by atoms with Gasteiger partial charge in [0, 0.05) is 18.2 Å². The Morgan fingerprint density at radius 3 is 3.00 bits per heavy atom. The van der Waals surface area contributed by atoms with E-state index >= 15 is 0 Å². The molecule has 0 fully saturated rings. The fraction of sp³-hybridized carbons (Fsp3) is 0.333. The van der Waals surface area contributed by atoms with Gasteiger partial charge in [-0.25, -0.2) is 0 Å². The molecule has 106 valence electrons. The van der Waals surface area contributed by atoms with Gasteiger partial charge in [-0.2, -0.15) is 10.4 Å². The average molecular weight is 278 g/mol. The van der Waals surface area contributed by atoms with Gasteiger partial charge in [0.25, 0.3) is 0 Å². The van der Waals surface area contributed by atoms with Crippen LogP contribution in [-0.4, -0.2) is 29.4 Å². The zero-order valence-corrected chi connectivity index (χ0v) is 10.9. The number of hydrogen-bond acceptors (Lipinski definition) is 7. The van der Waals surface area contributed by atoms with E-state index in [1.54, 1.807) is 6.92 Å². The van der Waals surface area contributed by atoms with Crippen molar-refractivity contribution in [3.8, 4) is 17.6 Å². The summed E-state index contributed by atoms with van der Waals surface area (Å²) in [6.45, 7) is 2.35. The van der Waals surface area contributed by atoms with Crippen LogP contribution in [0.3, 0.4) is 0 Å². The van der Waals surface area contributed by atoms with Gasteiger partial charge in [-0.1, -0.05) is 0 Å². The molecule has 20 heavy (non-hydrogen) atoms. The van der Waals surface area contributed by atoms with Gasteiger partial charge in [-0.3, -0.25) is 10.1 Å². The lowest BCUT2D eigenvalue weighted by Crippen LogP contribution is -2.07. The van der Waals surface area contributed by atoms with E-state index in [1.165, 1.54) is 18.3 Å². The summed E-state index contributed by atoms with van der Waals surface area (Å²) in [5.74, 6) is -0.480. The molecule has 2 N–H and O–H groups in total. The highest BCUT2D eigenvalue weighted by atomic mass is 16.6. The number of rotatable bonds is 7. The molecule has 1 aromatic carbocycles. The number of hydrazone groups is 1. The topological polar surface area (TPSA) is 121 Å².